The van der Waals surface area contributed by atoms with E-state index >= 15 is 0 Å². The van der Waals surface area contributed by atoms with Crippen molar-refractivity contribution in [3.63, 3.8) is 0 Å². The Bertz CT molecular complexity index is 169. The molecule has 1 saturated heterocycles. The number of hydrogen-bond donors (Lipinski definition) is 1. The van der Waals surface area contributed by atoms with Gasteiger partial charge in [-0.2, -0.15) is 0 Å². The summed E-state index contributed by atoms with van der Waals surface area (Å²) in [5.74, 6) is 1.68. The van der Waals surface area contributed by atoms with E-state index in [1.165, 1.54) is 19.6 Å². The van der Waals surface area contributed by atoms with Crippen LogP contribution in [0.25, 0.3) is 0 Å². The van der Waals surface area contributed by atoms with Gasteiger partial charge in [0.25, 0.3) is 0 Å². The Labute approximate surface area is 94.2 Å². The maximum Gasteiger partial charge on any atom is 0.0589 e. The van der Waals surface area contributed by atoms with Gasteiger partial charge in [-0.3, -0.25) is 4.90 Å². The van der Waals surface area contributed by atoms with Crippen molar-refractivity contribution in [2.75, 3.05) is 39.9 Å². The molecule has 1 aliphatic rings. The van der Waals surface area contributed by atoms with E-state index in [1.807, 2.05) is 0 Å². The third-order valence-electron chi connectivity index (χ3n) is 3.45. The van der Waals surface area contributed by atoms with Gasteiger partial charge >= 0.3 is 0 Å². The molecule has 0 bridgehead atoms. The zero-order chi connectivity index (χ0) is 11.3. The maximum atomic E-state index is 5.15. The van der Waals surface area contributed by atoms with Crippen LogP contribution in [0.5, 0.6) is 0 Å². The maximum absolute atomic E-state index is 5.15. The van der Waals surface area contributed by atoms with E-state index in [2.05, 4.69) is 31.0 Å². The molecular weight excluding hydrogens is 188 g/mol. The SMILES string of the molecule is COCCN(CC(C)C1CNC1)C(C)C. The van der Waals surface area contributed by atoms with Gasteiger partial charge in [-0.25, -0.2) is 0 Å². The average molecular weight is 214 g/mol. The number of hydrogen-bond acceptors (Lipinski definition) is 3. The van der Waals surface area contributed by atoms with Crippen LogP contribution >= 0.6 is 0 Å². The van der Waals surface area contributed by atoms with E-state index in [4.69, 9.17) is 4.74 Å². The third-order valence-corrected chi connectivity index (χ3v) is 3.45. The highest BCUT2D eigenvalue weighted by molar-refractivity contribution is 4.81. The first-order valence-electron chi connectivity index (χ1n) is 6.08. The molecule has 0 radical (unpaired) electrons. The molecule has 3 nitrogen and oxygen atoms in total. The Morgan fingerprint density at radius 3 is 2.40 bits per heavy atom. The largest absolute Gasteiger partial charge is 0.383 e. The molecule has 1 aliphatic heterocycles. The molecule has 3 heteroatoms. The molecule has 1 atom stereocenters. The highest BCUT2D eigenvalue weighted by Crippen LogP contribution is 2.17. The fourth-order valence-electron chi connectivity index (χ4n) is 2.00. The van der Waals surface area contributed by atoms with Crippen molar-refractivity contribution in [2.45, 2.75) is 26.8 Å². The van der Waals surface area contributed by atoms with Crippen LogP contribution in [0.1, 0.15) is 20.8 Å². The minimum atomic E-state index is 0.621. The highest BCUT2D eigenvalue weighted by Gasteiger charge is 2.25. The van der Waals surface area contributed by atoms with Gasteiger partial charge in [-0.05, 0) is 38.8 Å². The first-order valence-corrected chi connectivity index (χ1v) is 6.08. The molecular formula is C12H26N2O. The summed E-state index contributed by atoms with van der Waals surface area (Å²) in [6.45, 7) is 12.4. The molecule has 0 saturated carbocycles. The smallest absolute Gasteiger partial charge is 0.0589 e. The summed E-state index contributed by atoms with van der Waals surface area (Å²) in [6.07, 6.45) is 0. The molecule has 0 aromatic rings. The monoisotopic (exact) mass is 214 g/mol. The van der Waals surface area contributed by atoms with Crippen LogP contribution in [0.15, 0.2) is 0 Å². The lowest BCUT2D eigenvalue weighted by atomic mass is 9.88. The quantitative estimate of drug-likeness (QED) is 0.689. The molecule has 0 aromatic carbocycles. The molecule has 1 rings (SSSR count). The molecule has 0 amide bonds. The summed E-state index contributed by atoms with van der Waals surface area (Å²) in [4.78, 5) is 2.52. The molecule has 15 heavy (non-hydrogen) atoms. The summed E-state index contributed by atoms with van der Waals surface area (Å²) in [7, 11) is 1.78. The summed E-state index contributed by atoms with van der Waals surface area (Å²) < 4.78 is 5.15. The molecule has 1 heterocycles. The summed E-state index contributed by atoms with van der Waals surface area (Å²) in [5.41, 5.74) is 0. The van der Waals surface area contributed by atoms with Gasteiger partial charge in [0.05, 0.1) is 6.61 Å². The normalized spacial score (nSPS) is 19.6. The van der Waals surface area contributed by atoms with Crippen molar-refractivity contribution in [3.05, 3.63) is 0 Å². The number of nitrogens with zero attached hydrogens (tertiary/aromatic N) is 1. The zero-order valence-electron chi connectivity index (χ0n) is 10.6. The van der Waals surface area contributed by atoms with Crippen LogP contribution in [-0.4, -0.2) is 50.8 Å². The molecule has 1 fully saturated rings. The minimum Gasteiger partial charge on any atom is -0.383 e. The second kappa shape index (κ2) is 6.46. The van der Waals surface area contributed by atoms with Crippen molar-refractivity contribution in [1.29, 1.82) is 0 Å². The van der Waals surface area contributed by atoms with E-state index in [0.717, 1.165) is 25.0 Å². The van der Waals surface area contributed by atoms with Gasteiger partial charge in [0.2, 0.25) is 0 Å². The van der Waals surface area contributed by atoms with Crippen molar-refractivity contribution in [2.24, 2.45) is 11.8 Å². The Balaban J connectivity index is 2.28. The van der Waals surface area contributed by atoms with Crippen molar-refractivity contribution < 1.29 is 4.74 Å². The highest BCUT2D eigenvalue weighted by atomic mass is 16.5. The first-order chi connectivity index (χ1) is 7.15. The lowest BCUT2D eigenvalue weighted by molar-refractivity contribution is 0.0992. The Hall–Kier alpha value is -0.120. The first kappa shape index (κ1) is 12.9. The van der Waals surface area contributed by atoms with Gasteiger partial charge in [-0.15, -0.1) is 0 Å². The number of ether oxygens (including phenoxy) is 1. The van der Waals surface area contributed by atoms with Gasteiger partial charge in [0, 0.05) is 26.2 Å². The minimum absolute atomic E-state index is 0.621. The summed E-state index contributed by atoms with van der Waals surface area (Å²) in [6, 6.07) is 0.621. The van der Waals surface area contributed by atoms with E-state index in [-0.39, 0.29) is 0 Å². The standard InChI is InChI=1S/C12H26N2O/c1-10(2)14(5-6-15-4)9-11(3)12-7-13-8-12/h10-13H,5-9H2,1-4H3. The summed E-state index contributed by atoms with van der Waals surface area (Å²) in [5, 5.41) is 3.34. The van der Waals surface area contributed by atoms with Crippen LogP contribution in [0, 0.1) is 11.8 Å². The fraction of sp³-hybridized carbons (Fsp3) is 1.00. The van der Waals surface area contributed by atoms with Gasteiger partial charge in [-0.1, -0.05) is 6.92 Å². The summed E-state index contributed by atoms with van der Waals surface area (Å²) >= 11 is 0. The number of rotatable bonds is 7. The lowest BCUT2D eigenvalue weighted by Gasteiger charge is -2.37. The second-order valence-corrected chi connectivity index (χ2v) is 4.98. The molecule has 1 unspecified atom stereocenters. The topological polar surface area (TPSA) is 24.5 Å². The van der Waals surface area contributed by atoms with Crippen LogP contribution in [0.3, 0.4) is 0 Å². The third kappa shape index (κ3) is 4.09. The molecule has 0 aliphatic carbocycles. The molecule has 1 N–H and O–H groups in total. The fourth-order valence-corrected chi connectivity index (χ4v) is 2.00. The zero-order valence-corrected chi connectivity index (χ0v) is 10.6. The van der Waals surface area contributed by atoms with Gasteiger partial charge in [0.15, 0.2) is 0 Å². The van der Waals surface area contributed by atoms with Crippen LogP contribution in [0.4, 0.5) is 0 Å². The van der Waals surface area contributed by atoms with Gasteiger partial charge < -0.3 is 10.1 Å². The number of nitrogens with one attached hydrogen (secondary N) is 1. The van der Waals surface area contributed by atoms with E-state index in [9.17, 15) is 0 Å². The molecule has 90 valence electrons. The second-order valence-electron chi connectivity index (χ2n) is 4.98. The average Bonchev–Trinajstić information content (AvgIpc) is 2.08. The van der Waals surface area contributed by atoms with Crippen LogP contribution < -0.4 is 5.32 Å². The van der Waals surface area contributed by atoms with Crippen LogP contribution in [-0.2, 0) is 4.74 Å². The predicted molar refractivity (Wildman–Crippen MR) is 64.1 cm³/mol. The Morgan fingerprint density at radius 1 is 1.33 bits per heavy atom. The molecule has 0 aromatic heterocycles. The van der Waals surface area contributed by atoms with Crippen molar-refractivity contribution in [3.8, 4) is 0 Å². The van der Waals surface area contributed by atoms with E-state index in [1.54, 1.807) is 7.11 Å². The van der Waals surface area contributed by atoms with Crippen LogP contribution in [0.2, 0.25) is 0 Å². The Kier molecular flexibility index (Phi) is 5.58. The van der Waals surface area contributed by atoms with E-state index < -0.39 is 0 Å². The van der Waals surface area contributed by atoms with Crippen molar-refractivity contribution >= 4 is 0 Å². The Morgan fingerprint density at radius 2 is 2.00 bits per heavy atom. The van der Waals surface area contributed by atoms with Crippen molar-refractivity contribution in [1.82, 2.24) is 10.2 Å². The molecule has 0 spiro atoms. The van der Waals surface area contributed by atoms with Gasteiger partial charge in [0.1, 0.15) is 0 Å². The number of methoxy groups -OCH3 is 1. The lowest BCUT2D eigenvalue weighted by Crippen LogP contribution is -2.49. The van der Waals surface area contributed by atoms with E-state index in [0.29, 0.717) is 6.04 Å². The predicted octanol–water partition coefficient (Wildman–Crippen LogP) is 1.20.